The number of nitrogens with zero attached hydrogens (tertiary/aromatic N) is 1. The number of anilines is 2. The number of aliphatic hydroxyl groups excluding tert-OH is 1. The summed E-state index contributed by atoms with van der Waals surface area (Å²) in [5, 5.41) is 22.1. The number of fused-ring (bicyclic) bond motifs is 2. The van der Waals surface area contributed by atoms with Crippen LogP contribution in [0.4, 0.5) is 11.4 Å². The standard InChI is InChI=1S/C17H15BrN2O4/c18-12-6-11-16(7-14(12)20-4-3-10(22)8-20)24-15-2-1-9(21)5-13(15)19-17(11)23/h1-2,5-7,10,21-22H,3-4,8H2,(H,19,23)/t10-/m1/s1. The second-order valence-corrected chi connectivity index (χ2v) is 6.78. The Hall–Kier alpha value is -2.25. The molecule has 2 aliphatic heterocycles. The van der Waals surface area contributed by atoms with Crippen LogP contribution < -0.4 is 15.0 Å². The lowest BCUT2D eigenvalue weighted by Crippen LogP contribution is -2.22. The molecule has 2 aromatic carbocycles. The van der Waals surface area contributed by atoms with Gasteiger partial charge in [0, 0.05) is 29.7 Å². The third-order valence-corrected chi connectivity index (χ3v) is 4.86. The fourth-order valence-electron chi connectivity index (χ4n) is 3.02. The first-order valence-electron chi connectivity index (χ1n) is 7.60. The van der Waals surface area contributed by atoms with E-state index in [0.29, 0.717) is 35.7 Å². The smallest absolute Gasteiger partial charge is 0.259 e. The van der Waals surface area contributed by atoms with Gasteiger partial charge in [0.05, 0.1) is 23.0 Å². The Morgan fingerprint density at radius 1 is 1.25 bits per heavy atom. The van der Waals surface area contributed by atoms with E-state index >= 15 is 0 Å². The SMILES string of the molecule is O=C1Nc2cc(O)ccc2Oc2cc(N3CC[C@@H](O)C3)c(Br)cc21. The topological polar surface area (TPSA) is 82.0 Å². The second-order valence-electron chi connectivity index (χ2n) is 5.92. The van der Waals surface area contributed by atoms with Crippen molar-refractivity contribution in [1.29, 1.82) is 0 Å². The van der Waals surface area contributed by atoms with Crippen molar-refractivity contribution in [2.45, 2.75) is 12.5 Å². The summed E-state index contributed by atoms with van der Waals surface area (Å²) in [5.41, 5.74) is 1.70. The largest absolute Gasteiger partial charge is 0.508 e. The van der Waals surface area contributed by atoms with Crippen LogP contribution in [0.25, 0.3) is 0 Å². The van der Waals surface area contributed by atoms with Crippen molar-refractivity contribution in [2.75, 3.05) is 23.3 Å². The van der Waals surface area contributed by atoms with Gasteiger partial charge in [-0.15, -0.1) is 0 Å². The van der Waals surface area contributed by atoms with Crippen LogP contribution in [0.3, 0.4) is 0 Å². The van der Waals surface area contributed by atoms with E-state index in [4.69, 9.17) is 4.74 Å². The van der Waals surface area contributed by atoms with E-state index in [2.05, 4.69) is 26.1 Å². The minimum Gasteiger partial charge on any atom is -0.508 e. The molecule has 0 radical (unpaired) electrons. The number of carbonyl (C=O) groups excluding carboxylic acids is 1. The Balaban J connectivity index is 1.78. The first-order valence-corrected chi connectivity index (χ1v) is 8.39. The van der Waals surface area contributed by atoms with Crippen molar-refractivity contribution < 1.29 is 19.7 Å². The van der Waals surface area contributed by atoms with Gasteiger partial charge in [-0.05, 0) is 40.5 Å². The summed E-state index contributed by atoms with van der Waals surface area (Å²) in [6, 6.07) is 8.09. The van der Waals surface area contributed by atoms with E-state index in [1.807, 2.05) is 0 Å². The quantitative estimate of drug-likeness (QED) is 0.696. The molecule has 2 aromatic rings. The summed E-state index contributed by atoms with van der Waals surface area (Å²) in [6.45, 7) is 1.29. The number of phenols is 1. The van der Waals surface area contributed by atoms with Gasteiger partial charge >= 0.3 is 0 Å². The minimum absolute atomic E-state index is 0.0523. The van der Waals surface area contributed by atoms with Gasteiger partial charge in [0.15, 0.2) is 5.75 Å². The maximum atomic E-state index is 12.5. The molecule has 7 heteroatoms. The monoisotopic (exact) mass is 390 g/mol. The second kappa shape index (κ2) is 5.68. The fraction of sp³-hybridized carbons (Fsp3) is 0.235. The number of benzene rings is 2. The summed E-state index contributed by atoms with van der Waals surface area (Å²) >= 11 is 3.51. The van der Waals surface area contributed by atoms with Crippen LogP contribution in [0.2, 0.25) is 0 Å². The number of ether oxygens (including phenoxy) is 1. The van der Waals surface area contributed by atoms with Gasteiger partial charge in [-0.2, -0.15) is 0 Å². The third kappa shape index (κ3) is 2.59. The highest BCUT2D eigenvalue weighted by molar-refractivity contribution is 9.10. The Morgan fingerprint density at radius 2 is 2.08 bits per heavy atom. The highest BCUT2D eigenvalue weighted by Crippen LogP contribution is 2.42. The molecular formula is C17H15BrN2O4. The van der Waals surface area contributed by atoms with Crippen LogP contribution in [-0.2, 0) is 0 Å². The molecule has 0 aromatic heterocycles. The van der Waals surface area contributed by atoms with Crippen molar-refractivity contribution in [3.63, 3.8) is 0 Å². The van der Waals surface area contributed by atoms with E-state index in [9.17, 15) is 15.0 Å². The van der Waals surface area contributed by atoms with Crippen molar-refractivity contribution >= 4 is 33.2 Å². The molecule has 24 heavy (non-hydrogen) atoms. The summed E-state index contributed by atoms with van der Waals surface area (Å²) in [5.74, 6) is 0.658. The molecule has 1 amide bonds. The molecule has 4 rings (SSSR count). The lowest BCUT2D eigenvalue weighted by Gasteiger charge is -2.21. The van der Waals surface area contributed by atoms with Gasteiger partial charge in [0.25, 0.3) is 5.91 Å². The van der Waals surface area contributed by atoms with Crippen molar-refractivity contribution in [3.8, 4) is 17.2 Å². The first kappa shape index (κ1) is 15.3. The maximum Gasteiger partial charge on any atom is 0.259 e. The van der Waals surface area contributed by atoms with Crippen molar-refractivity contribution in [2.24, 2.45) is 0 Å². The molecular weight excluding hydrogens is 376 g/mol. The van der Waals surface area contributed by atoms with Gasteiger partial charge in [-0.1, -0.05) is 0 Å². The summed E-state index contributed by atoms with van der Waals surface area (Å²) in [6.07, 6.45) is 0.371. The molecule has 0 saturated carbocycles. The number of nitrogens with one attached hydrogen (secondary N) is 1. The van der Waals surface area contributed by atoms with E-state index < -0.39 is 0 Å². The Morgan fingerprint density at radius 3 is 2.83 bits per heavy atom. The van der Waals surface area contributed by atoms with E-state index in [-0.39, 0.29) is 17.8 Å². The molecule has 3 N–H and O–H groups in total. The Labute approximate surface area is 146 Å². The zero-order valence-corrected chi connectivity index (χ0v) is 14.2. The van der Waals surface area contributed by atoms with Gasteiger partial charge in [-0.25, -0.2) is 0 Å². The number of carbonyl (C=O) groups is 1. The number of amides is 1. The molecule has 0 bridgehead atoms. The zero-order chi connectivity index (χ0) is 16.8. The number of β-amino-alcohol motifs (C(OH)–C–C–N with tert-alkyl or cyclic N) is 1. The van der Waals surface area contributed by atoms with E-state index in [1.54, 1.807) is 18.2 Å². The lowest BCUT2D eigenvalue weighted by atomic mass is 10.1. The number of aromatic hydroxyl groups is 1. The molecule has 0 unspecified atom stereocenters. The van der Waals surface area contributed by atoms with Crippen LogP contribution in [0.5, 0.6) is 17.2 Å². The molecule has 124 valence electrons. The van der Waals surface area contributed by atoms with Gasteiger partial charge < -0.3 is 25.2 Å². The third-order valence-electron chi connectivity index (χ3n) is 4.23. The molecule has 1 fully saturated rings. The summed E-state index contributed by atoms with van der Waals surface area (Å²) in [7, 11) is 0. The summed E-state index contributed by atoms with van der Waals surface area (Å²) < 4.78 is 6.67. The normalized spacial score (nSPS) is 19.2. The summed E-state index contributed by atoms with van der Waals surface area (Å²) in [4.78, 5) is 14.5. The molecule has 6 nitrogen and oxygen atoms in total. The van der Waals surface area contributed by atoms with E-state index in [0.717, 1.165) is 16.7 Å². The number of halogens is 1. The van der Waals surface area contributed by atoms with Gasteiger partial charge in [0.1, 0.15) is 11.5 Å². The van der Waals surface area contributed by atoms with Crippen molar-refractivity contribution in [3.05, 3.63) is 40.4 Å². The molecule has 1 saturated heterocycles. The van der Waals surface area contributed by atoms with Crippen LogP contribution >= 0.6 is 15.9 Å². The molecule has 0 spiro atoms. The van der Waals surface area contributed by atoms with Crippen LogP contribution in [0.15, 0.2) is 34.8 Å². The van der Waals surface area contributed by atoms with Gasteiger partial charge in [-0.3, -0.25) is 4.79 Å². The lowest BCUT2D eigenvalue weighted by molar-refractivity contribution is 0.102. The molecule has 1 atom stereocenters. The average Bonchev–Trinajstić information content (AvgIpc) is 2.91. The molecule has 2 heterocycles. The van der Waals surface area contributed by atoms with Crippen LogP contribution in [0.1, 0.15) is 16.8 Å². The highest BCUT2D eigenvalue weighted by Gasteiger charge is 2.27. The van der Waals surface area contributed by atoms with Crippen LogP contribution in [-0.4, -0.2) is 35.3 Å². The van der Waals surface area contributed by atoms with Crippen LogP contribution in [0, 0.1) is 0 Å². The predicted molar refractivity (Wildman–Crippen MR) is 93.1 cm³/mol. The molecule has 0 aliphatic carbocycles. The average molecular weight is 391 g/mol. The fourth-order valence-corrected chi connectivity index (χ4v) is 3.61. The number of phenolic OH excluding ortho intramolecular Hbond substituents is 1. The minimum atomic E-state index is -0.344. The number of rotatable bonds is 1. The number of hydrogen-bond acceptors (Lipinski definition) is 5. The number of hydrogen-bond donors (Lipinski definition) is 3. The highest BCUT2D eigenvalue weighted by atomic mass is 79.9. The van der Waals surface area contributed by atoms with E-state index in [1.165, 1.54) is 12.1 Å². The molecule has 2 aliphatic rings. The number of aliphatic hydroxyl groups is 1. The predicted octanol–water partition coefficient (Wildman–Crippen LogP) is 3.08. The Kier molecular flexibility index (Phi) is 3.62. The first-order chi connectivity index (χ1) is 11.5. The Bertz CT molecular complexity index is 840. The van der Waals surface area contributed by atoms with Gasteiger partial charge in [0.2, 0.25) is 0 Å². The zero-order valence-electron chi connectivity index (χ0n) is 12.6. The maximum absolute atomic E-state index is 12.5. The van der Waals surface area contributed by atoms with Crippen molar-refractivity contribution in [1.82, 2.24) is 0 Å².